The summed E-state index contributed by atoms with van der Waals surface area (Å²) in [5.41, 5.74) is 12.7. The molecule has 5 aliphatic rings. The normalized spacial score (nSPS) is 18.5. The van der Waals surface area contributed by atoms with Gasteiger partial charge in [0.2, 0.25) is 0 Å². The van der Waals surface area contributed by atoms with Crippen molar-refractivity contribution in [2.24, 2.45) is 0 Å². The van der Waals surface area contributed by atoms with Gasteiger partial charge in [-0.1, -0.05) is 194 Å². The summed E-state index contributed by atoms with van der Waals surface area (Å²) in [4.78, 5) is 0. The Balaban J connectivity index is 1.03. The third kappa shape index (κ3) is 4.88. The number of aliphatic hydroxyl groups is 3. The highest BCUT2D eigenvalue weighted by Crippen LogP contribution is 2.60. The van der Waals surface area contributed by atoms with Crippen LogP contribution in [0, 0.1) is 0 Å². The fourth-order valence-electron chi connectivity index (χ4n) is 12.9. The molecule has 5 aliphatic carbocycles. The zero-order valence-corrected chi connectivity index (χ0v) is 37.2. The van der Waals surface area contributed by atoms with E-state index in [0.29, 0.717) is 34.6 Å². The van der Waals surface area contributed by atoms with Crippen LogP contribution in [-0.2, 0) is 22.2 Å². The summed E-state index contributed by atoms with van der Waals surface area (Å²) in [6, 6.07) is 69.5. The number of hydrogen-bond acceptors (Lipinski definition) is 4. The van der Waals surface area contributed by atoms with Gasteiger partial charge in [0.1, 0.15) is 28.3 Å². The Morgan fingerprint density at radius 1 is 0.353 bits per heavy atom. The summed E-state index contributed by atoms with van der Waals surface area (Å²) >= 11 is 0. The molecule has 0 radical (unpaired) electrons. The third-order valence-corrected chi connectivity index (χ3v) is 16.0. The van der Waals surface area contributed by atoms with Crippen LogP contribution >= 0.6 is 0 Å². The Kier molecular flexibility index (Phi) is 8.01. The molecule has 9 aromatic rings. The molecule has 0 saturated heterocycles. The highest BCUT2D eigenvalue weighted by atomic mass is 16.5. The number of allylic oxidation sites excluding steroid dienone is 3. The molecule has 14 rings (SSSR count). The van der Waals surface area contributed by atoms with E-state index >= 15 is 0 Å². The maximum atomic E-state index is 13.8. The van der Waals surface area contributed by atoms with Gasteiger partial charge in [-0.05, 0) is 110 Å². The summed E-state index contributed by atoms with van der Waals surface area (Å²) in [6.45, 7) is 2.29. The fraction of sp³-hybridized carbons (Fsp3) is 0.0938. The first kappa shape index (κ1) is 39.3. The van der Waals surface area contributed by atoms with Gasteiger partial charge in [-0.2, -0.15) is 0 Å². The van der Waals surface area contributed by atoms with Gasteiger partial charge in [0, 0.05) is 44.4 Å². The molecule has 324 valence electrons. The Hall–Kier alpha value is -7.86. The van der Waals surface area contributed by atoms with Crippen molar-refractivity contribution in [3.05, 3.63) is 291 Å². The predicted octanol–water partition coefficient (Wildman–Crippen LogP) is 13.3. The second kappa shape index (κ2) is 13.9. The van der Waals surface area contributed by atoms with E-state index in [1.807, 2.05) is 115 Å². The van der Waals surface area contributed by atoms with Gasteiger partial charge < -0.3 is 20.1 Å². The highest BCUT2D eigenvalue weighted by molar-refractivity contribution is 5.91. The Morgan fingerprint density at radius 2 is 0.706 bits per heavy atom. The van der Waals surface area contributed by atoms with Crippen LogP contribution in [0.15, 0.2) is 224 Å². The highest BCUT2D eigenvalue weighted by Gasteiger charge is 2.51. The molecule has 9 aromatic carbocycles. The van der Waals surface area contributed by atoms with Crippen LogP contribution in [0.3, 0.4) is 0 Å². The van der Waals surface area contributed by atoms with Gasteiger partial charge in [0.25, 0.3) is 0 Å². The maximum Gasteiger partial charge on any atom is 0.145 e. The molecule has 0 spiro atoms. The van der Waals surface area contributed by atoms with Crippen molar-refractivity contribution in [2.75, 3.05) is 0 Å². The van der Waals surface area contributed by atoms with Crippen molar-refractivity contribution < 1.29 is 20.1 Å². The molecule has 4 nitrogen and oxygen atoms in total. The lowest BCUT2D eigenvalue weighted by Crippen LogP contribution is -2.31. The minimum atomic E-state index is -1.70. The molecular weight excluding hydrogens is 833 g/mol. The fourth-order valence-corrected chi connectivity index (χ4v) is 12.9. The summed E-state index contributed by atoms with van der Waals surface area (Å²) in [5.74, 6) is 0.860. The lowest BCUT2D eigenvalue weighted by Gasteiger charge is -2.35. The van der Waals surface area contributed by atoms with Crippen LogP contribution in [0.2, 0.25) is 0 Å². The third-order valence-electron chi connectivity index (χ3n) is 16.0. The molecule has 3 N–H and O–H groups in total. The standard InChI is InChI=1S/C64H44O4/c1-61(49-25-9-2-17-41(49)42-18-3-10-26-50(42)61)39-33-35-59(57(37-39)64(67)55-31-15-8-23-47(55)48-24-16-32-56(48)64)68-60-36-34-40(62(65)51-27-11-4-19-43(51)44-20-5-12-28-52(44)62)38-58(60)63(66)53-29-13-6-21-45(53)46-22-7-14-30-54(46)63/h2-31,33-38,65-67H,32H2,1H3. The van der Waals surface area contributed by atoms with Crippen LogP contribution < -0.4 is 4.74 Å². The van der Waals surface area contributed by atoms with Gasteiger partial charge in [-0.25, -0.2) is 0 Å². The Bertz CT molecular complexity index is 3580. The van der Waals surface area contributed by atoms with Crippen molar-refractivity contribution in [3.63, 3.8) is 0 Å². The van der Waals surface area contributed by atoms with E-state index in [1.165, 1.54) is 22.3 Å². The molecule has 0 fully saturated rings. The van der Waals surface area contributed by atoms with Crippen molar-refractivity contribution in [1.29, 1.82) is 0 Å². The zero-order valence-electron chi connectivity index (χ0n) is 37.2. The largest absolute Gasteiger partial charge is 0.457 e. The molecule has 0 bridgehead atoms. The van der Waals surface area contributed by atoms with Crippen molar-refractivity contribution in [3.8, 4) is 44.9 Å². The molecule has 68 heavy (non-hydrogen) atoms. The number of fused-ring (bicyclic) bond motifs is 11. The van der Waals surface area contributed by atoms with E-state index in [2.05, 4.69) is 110 Å². The molecular formula is C64H44O4. The first-order valence-corrected chi connectivity index (χ1v) is 23.5. The molecule has 0 heterocycles. The minimum Gasteiger partial charge on any atom is -0.457 e. The van der Waals surface area contributed by atoms with Gasteiger partial charge in [-0.3, -0.25) is 0 Å². The summed E-state index contributed by atoms with van der Waals surface area (Å²) in [5, 5.41) is 41.0. The molecule has 1 atom stereocenters. The maximum absolute atomic E-state index is 13.8. The molecule has 0 amide bonds. The number of ether oxygens (including phenoxy) is 1. The summed E-state index contributed by atoms with van der Waals surface area (Å²) in [6.07, 6.45) is 4.85. The Labute approximate surface area is 395 Å². The zero-order chi connectivity index (χ0) is 45.6. The van der Waals surface area contributed by atoms with Crippen molar-refractivity contribution in [2.45, 2.75) is 35.6 Å². The lowest BCUT2D eigenvalue weighted by atomic mass is 9.72. The monoisotopic (exact) mass is 876 g/mol. The van der Waals surface area contributed by atoms with Gasteiger partial charge in [0.05, 0.1) is 0 Å². The SMILES string of the molecule is CC1(c2ccc(Oc3ccc(C4(O)c5ccccc5-c5ccccc54)cc3C3(O)c4ccccc4-c4ccccc43)c(C3(O)C4=C(C=CC4)c4ccccc43)c2)c2ccccc2-c2ccccc21. The van der Waals surface area contributed by atoms with Crippen LogP contribution in [0.4, 0.5) is 0 Å². The van der Waals surface area contributed by atoms with Gasteiger partial charge >= 0.3 is 0 Å². The van der Waals surface area contributed by atoms with Crippen molar-refractivity contribution >= 4 is 5.57 Å². The average Bonchev–Trinajstić information content (AvgIpc) is 4.18. The molecule has 1 unspecified atom stereocenters. The quantitative estimate of drug-likeness (QED) is 0.156. The minimum absolute atomic E-state index is 0.399. The van der Waals surface area contributed by atoms with E-state index in [1.54, 1.807) is 0 Å². The van der Waals surface area contributed by atoms with E-state index in [9.17, 15) is 15.3 Å². The molecule has 0 aromatic heterocycles. The first-order valence-electron chi connectivity index (χ1n) is 23.5. The second-order valence-electron chi connectivity index (χ2n) is 19.1. The lowest BCUT2D eigenvalue weighted by molar-refractivity contribution is 0.118. The van der Waals surface area contributed by atoms with Crippen LogP contribution in [0.25, 0.3) is 39.0 Å². The molecule has 0 aliphatic heterocycles. The van der Waals surface area contributed by atoms with Gasteiger partial charge in [-0.15, -0.1) is 0 Å². The van der Waals surface area contributed by atoms with Crippen LogP contribution in [0.1, 0.15) is 80.1 Å². The average molecular weight is 877 g/mol. The van der Waals surface area contributed by atoms with Gasteiger partial charge in [0.15, 0.2) is 0 Å². The van der Waals surface area contributed by atoms with E-state index in [4.69, 9.17) is 4.74 Å². The first-order chi connectivity index (χ1) is 33.2. The second-order valence-corrected chi connectivity index (χ2v) is 19.1. The van der Waals surface area contributed by atoms with E-state index in [-0.39, 0.29) is 0 Å². The van der Waals surface area contributed by atoms with Crippen molar-refractivity contribution in [1.82, 2.24) is 0 Å². The Morgan fingerprint density at radius 3 is 1.19 bits per heavy atom. The summed E-state index contributed by atoms with van der Waals surface area (Å²) < 4.78 is 7.42. The molecule has 0 saturated carbocycles. The topological polar surface area (TPSA) is 69.9 Å². The number of benzene rings is 9. The van der Waals surface area contributed by atoms with E-state index in [0.717, 1.165) is 72.3 Å². The smallest absolute Gasteiger partial charge is 0.145 e. The predicted molar refractivity (Wildman–Crippen MR) is 268 cm³/mol. The number of rotatable bonds is 6. The summed E-state index contributed by atoms with van der Waals surface area (Å²) in [7, 11) is 0. The molecule has 4 heteroatoms. The van der Waals surface area contributed by atoms with Crippen LogP contribution in [-0.4, -0.2) is 15.3 Å². The van der Waals surface area contributed by atoms with Crippen LogP contribution in [0.5, 0.6) is 11.5 Å². The number of hydrogen-bond donors (Lipinski definition) is 3. The van der Waals surface area contributed by atoms with E-state index < -0.39 is 22.2 Å².